The monoisotopic (exact) mass is 287 g/mol. The van der Waals surface area contributed by atoms with Gasteiger partial charge in [0.15, 0.2) is 0 Å². The van der Waals surface area contributed by atoms with Crippen molar-refractivity contribution in [3.63, 3.8) is 0 Å². The second-order valence-corrected chi connectivity index (χ2v) is 5.34. The molecule has 4 nitrogen and oxygen atoms in total. The zero-order valence-electron chi connectivity index (χ0n) is 12.0. The molecule has 1 atom stereocenters. The van der Waals surface area contributed by atoms with Crippen LogP contribution in [0.25, 0.3) is 0 Å². The fraction of sp³-hybridized carbons (Fsp3) is 0.375. The number of ether oxygens (including phenoxy) is 1. The lowest BCUT2D eigenvalue weighted by Gasteiger charge is -2.19. The predicted octanol–water partition coefficient (Wildman–Crippen LogP) is 2.76. The normalized spacial score (nSPS) is 17.9. The third kappa shape index (κ3) is 3.36. The van der Waals surface area contributed by atoms with Crippen molar-refractivity contribution in [3.05, 3.63) is 53.7 Å². The molecule has 2 heterocycles. The molecule has 110 valence electrons. The van der Waals surface area contributed by atoms with Gasteiger partial charge in [-0.1, -0.05) is 12.1 Å². The van der Waals surface area contributed by atoms with Gasteiger partial charge in [-0.2, -0.15) is 0 Å². The van der Waals surface area contributed by atoms with E-state index >= 15 is 0 Å². The molecule has 0 unspecified atom stereocenters. The summed E-state index contributed by atoms with van der Waals surface area (Å²) in [6.45, 7) is 2.21. The van der Waals surface area contributed by atoms with Gasteiger partial charge in [0.2, 0.25) is 0 Å². The van der Waals surface area contributed by atoms with E-state index < -0.39 is 0 Å². The van der Waals surface area contributed by atoms with Crippen LogP contribution in [0, 0.1) is 5.82 Å². The van der Waals surface area contributed by atoms with E-state index in [-0.39, 0.29) is 5.82 Å². The number of hydrogen-bond donors (Lipinski definition) is 0. The Balaban J connectivity index is 1.73. The second-order valence-electron chi connectivity index (χ2n) is 5.34. The van der Waals surface area contributed by atoms with Crippen LogP contribution >= 0.6 is 0 Å². The van der Waals surface area contributed by atoms with Crippen molar-refractivity contribution >= 4 is 5.82 Å². The minimum absolute atomic E-state index is 0.216. The van der Waals surface area contributed by atoms with Gasteiger partial charge >= 0.3 is 0 Å². The van der Waals surface area contributed by atoms with Crippen molar-refractivity contribution in [2.24, 2.45) is 0 Å². The van der Waals surface area contributed by atoms with E-state index in [1.165, 1.54) is 12.1 Å². The Morgan fingerprint density at radius 2 is 2.10 bits per heavy atom. The summed E-state index contributed by atoms with van der Waals surface area (Å²) in [5, 5.41) is 0. The summed E-state index contributed by atoms with van der Waals surface area (Å²) in [5.41, 5.74) is 2.08. The van der Waals surface area contributed by atoms with Crippen LogP contribution in [0.3, 0.4) is 0 Å². The largest absolute Gasteiger partial charge is 0.381 e. The number of halogens is 1. The van der Waals surface area contributed by atoms with Crippen LogP contribution in [0.1, 0.15) is 23.6 Å². The van der Waals surface area contributed by atoms with E-state index in [1.54, 1.807) is 18.5 Å². The molecule has 1 aromatic heterocycles. The van der Waals surface area contributed by atoms with Crippen molar-refractivity contribution < 1.29 is 9.13 Å². The quantitative estimate of drug-likeness (QED) is 0.866. The maximum Gasteiger partial charge on any atom is 0.132 e. The molecule has 0 amide bonds. The molecule has 5 heteroatoms. The Hall–Kier alpha value is -2.01. The summed E-state index contributed by atoms with van der Waals surface area (Å²) in [4.78, 5) is 10.7. The van der Waals surface area contributed by atoms with Gasteiger partial charge in [0, 0.05) is 32.2 Å². The Kier molecular flexibility index (Phi) is 4.10. The Labute approximate surface area is 123 Å². The van der Waals surface area contributed by atoms with Gasteiger partial charge in [0.05, 0.1) is 12.3 Å². The molecule has 1 fully saturated rings. The van der Waals surface area contributed by atoms with E-state index in [0.29, 0.717) is 12.5 Å². The number of hydrogen-bond acceptors (Lipinski definition) is 4. The molecule has 0 N–H and O–H groups in total. The lowest BCUT2D eigenvalue weighted by atomic mass is 10.0. The van der Waals surface area contributed by atoms with Crippen LogP contribution < -0.4 is 4.90 Å². The summed E-state index contributed by atoms with van der Waals surface area (Å²) >= 11 is 0. The van der Waals surface area contributed by atoms with Crippen molar-refractivity contribution in [1.82, 2.24) is 9.97 Å². The highest BCUT2D eigenvalue weighted by atomic mass is 19.1. The van der Waals surface area contributed by atoms with Gasteiger partial charge in [-0.15, -0.1) is 0 Å². The smallest absolute Gasteiger partial charge is 0.132 e. The van der Waals surface area contributed by atoms with Gasteiger partial charge < -0.3 is 9.64 Å². The highest BCUT2D eigenvalue weighted by Crippen LogP contribution is 2.25. The lowest BCUT2D eigenvalue weighted by molar-refractivity contribution is 0.193. The number of benzene rings is 1. The Bertz CT molecular complexity index is 597. The van der Waals surface area contributed by atoms with Crippen LogP contribution in [-0.4, -0.2) is 30.2 Å². The summed E-state index contributed by atoms with van der Waals surface area (Å²) in [6, 6.07) is 8.55. The number of nitrogens with zero attached hydrogens (tertiary/aromatic N) is 3. The van der Waals surface area contributed by atoms with Gasteiger partial charge in [-0.05, 0) is 24.1 Å². The van der Waals surface area contributed by atoms with Crippen molar-refractivity contribution in [2.45, 2.75) is 18.9 Å². The highest BCUT2D eigenvalue weighted by Gasteiger charge is 2.20. The third-order valence-electron chi connectivity index (χ3n) is 3.75. The first kappa shape index (κ1) is 13.9. The number of rotatable bonds is 4. The van der Waals surface area contributed by atoms with Crippen LogP contribution in [0.4, 0.5) is 10.2 Å². The zero-order valence-corrected chi connectivity index (χ0v) is 12.0. The van der Waals surface area contributed by atoms with Gasteiger partial charge in [0.1, 0.15) is 18.0 Å². The Morgan fingerprint density at radius 3 is 2.81 bits per heavy atom. The van der Waals surface area contributed by atoms with E-state index in [2.05, 4.69) is 9.97 Å². The number of anilines is 1. The van der Waals surface area contributed by atoms with E-state index in [0.717, 1.165) is 36.7 Å². The molecule has 1 aliphatic rings. The maximum absolute atomic E-state index is 12.9. The molecule has 0 bridgehead atoms. The second kappa shape index (κ2) is 6.18. The van der Waals surface area contributed by atoms with Crippen LogP contribution in [0.2, 0.25) is 0 Å². The fourth-order valence-corrected chi connectivity index (χ4v) is 2.51. The number of aromatic nitrogens is 2. The van der Waals surface area contributed by atoms with Crippen LogP contribution in [-0.2, 0) is 11.3 Å². The van der Waals surface area contributed by atoms with Gasteiger partial charge in [-0.3, -0.25) is 0 Å². The summed E-state index contributed by atoms with van der Waals surface area (Å²) in [6.07, 6.45) is 2.61. The molecular formula is C16H18FN3O. The van der Waals surface area contributed by atoms with Crippen molar-refractivity contribution in [3.8, 4) is 0 Å². The molecule has 0 radical (unpaired) electrons. The topological polar surface area (TPSA) is 38.2 Å². The minimum Gasteiger partial charge on any atom is -0.381 e. The van der Waals surface area contributed by atoms with Crippen LogP contribution in [0.15, 0.2) is 36.7 Å². The Morgan fingerprint density at radius 1 is 1.29 bits per heavy atom. The summed E-state index contributed by atoms with van der Waals surface area (Å²) in [7, 11) is 1.97. The minimum atomic E-state index is -0.216. The van der Waals surface area contributed by atoms with E-state index in [1.807, 2.05) is 18.0 Å². The predicted molar refractivity (Wildman–Crippen MR) is 78.7 cm³/mol. The highest BCUT2D eigenvalue weighted by molar-refractivity contribution is 5.40. The molecule has 0 aliphatic carbocycles. The standard InChI is InChI=1S/C16H18FN3O/c1-20(9-12-2-4-14(17)5-3-12)16-8-15(18-11-19-16)13-6-7-21-10-13/h2-5,8,11,13H,6-7,9-10H2,1H3/t13-/m0/s1. The van der Waals surface area contributed by atoms with Gasteiger partial charge in [-0.25, -0.2) is 14.4 Å². The first-order valence-corrected chi connectivity index (χ1v) is 7.07. The van der Waals surface area contributed by atoms with Crippen LogP contribution in [0.5, 0.6) is 0 Å². The van der Waals surface area contributed by atoms with Gasteiger partial charge in [0.25, 0.3) is 0 Å². The molecule has 1 saturated heterocycles. The fourth-order valence-electron chi connectivity index (χ4n) is 2.51. The van der Waals surface area contributed by atoms with E-state index in [4.69, 9.17) is 4.74 Å². The molecular weight excluding hydrogens is 269 g/mol. The first-order chi connectivity index (χ1) is 10.2. The SMILES string of the molecule is CN(Cc1ccc(F)cc1)c1cc([C@H]2CCOC2)ncn1. The molecule has 1 aromatic carbocycles. The molecule has 21 heavy (non-hydrogen) atoms. The molecule has 0 saturated carbocycles. The first-order valence-electron chi connectivity index (χ1n) is 7.07. The average molecular weight is 287 g/mol. The van der Waals surface area contributed by atoms with Crippen molar-refractivity contribution in [2.75, 3.05) is 25.2 Å². The van der Waals surface area contributed by atoms with E-state index in [9.17, 15) is 4.39 Å². The molecule has 0 spiro atoms. The average Bonchev–Trinajstić information content (AvgIpc) is 3.04. The summed E-state index contributed by atoms with van der Waals surface area (Å²) < 4.78 is 18.3. The van der Waals surface area contributed by atoms with Crippen molar-refractivity contribution in [1.29, 1.82) is 0 Å². The molecule has 3 rings (SSSR count). The molecule has 1 aliphatic heterocycles. The zero-order chi connectivity index (χ0) is 14.7. The summed E-state index contributed by atoms with van der Waals surface area (Å²) in [5.74, 6) is 1.02. The third-order valence-corrected chi connectivity index (χ3v) is 3.75. The lowest BCUT2D eigenvalue weighted by Crippen LogP contribution is -2.18. The molecule has 2 aromatic rings. The maximum atomic E-state index is 12.9.